The van der Waals surface area contributed by atoms with Gasteiger partial charge in [0.25, 0.3) is 0 Å². The summed E-state index contributed by atoms with van der Waals surface area (Å²) >= 11 is 0. The van der Waals surface area contributed by atoms with Crippen LogP contribution in [0.1, 0.15) is 46.0 Å². The van der Waals surface area contributed by atoms with Crippen molar-refractivity contribution in [1.29, 1.82) is 0 Å². The first-order valence-electron chi connectivity index (χ1n) is 6.88. The van der Waals surface area contributed by atoms with Crippen molar-refractivity contribution in [2.24, 2.45) is 0 Å². The molecule has 2 heteroatoms. The molecular weight excluding hydrogens is 196 g/mol. The highest BCUT2D eigenvalue weighted by Gasteiger charge is 2.41. The molecule has 2 aliphatic rings. The minimum atomic E-state index is 0.692. The largest absolute Gasteiger partial charge is 0.314 e. The molecule has 3 unspecified atom stereocenters. The van der Waals surface area contributed by atoms with Crippen LogP contribution in [0.2, 0.25) is 0 Å². The molecule has 0 radical (unpaired) electrons. The lowest BCUT2D eigenvalue weighted by molar-refractivity contribution is 0.0789. The van der Waals surface area contributed by atoms with Gasteiger partial charge < -0.3 is 5.32 Å². The smallest absolute Gasteiger partial charge is 0.0116 e. The summed E-state index contributed by atoms with van der Waals surface area (Å²) in [6.45, 7) is 9.57. The minimum absolute atomic E-state index is 0.692. The van der Waals surface area contributed by atoms with Crippen LogP contribution in [0.5, 0.6) is 0 Å². The van der Waals surface area contributed by atoms with Crippen LogP contribution >= 0.6 is 0 Å². The van der Waals surface area contributed by atoms with Gasteiger partial charge in [-0.15, -0.1) is 6.58 Å². The molecule has 0 aromatic carbocycles. The fourth-order valence-electron chi connectivity index (χ4n) is 3.75. The maximum Gasteiger partial charge on any atom is 0.0116 e. The zero-order valence-corrected chi connectivity index (χ0v) is 10.8. The van der Waals surface area contributed by atoms with Gasteiger partial charge in [0.1, 0.15) is 0 Å². The minimum Gasteiger partial charge on any atom is -0.314 e. The van der Waals surface area contributed by atoms with Gasteiger partial charge in [-0.1, -0.05) is 13.0 Å². The highest BCUT2D eigenvalue weighted by molar-refractivity contribution is 5.00. The first-order valence-corrected chi connectivity index (χ1v) is 6.88. The summed E-state index contributed by atoms with van der Waals surface area (Å²) in [5.41, 5.74) is 0. The van der Waals surface area contributed by atoms with E-state index in [2.05, 4.69) is 36.7 Å². The lowest BCUT2D eigenvalue weighted by atomic mass is 9.95. The molecule has 0 aliphatic carbocycles. The molecule has 0 spiro atoms. The number of hydrogen-bond donors (Lipinski definition) is 1. The Morgan fingerprint density at radius 1 is 1.38 bits per heavy atom. The molecule has 2 bridgehead atoms. The Labute approximate surface area is 100 Å². The normalized spacial score (nSPS) is 36.2. The van der Waals surface area contributed by atoms with Gasteiger partial charge in [0, 0.05) is 24.2 Å². The second kappa shape index (κ2) is 5.33. The average molecular weight is 222 g/mol. The average Bonchev–Trinajstić information content (AvgIpc) is 2.52. The van der Waals surface area contributed by atoms with Crippen molar-refractivity contribution in [3.8, 4) is 0 Å². The molecule has 0 aromatic rings. The van der Waals surface area contributed by atoms with Crippen LogP contribution in [0.3, 0.4) is 0 Å². The van der Waals surface area contributed by atoms with Crippen molar-refractivity contribution >= 4 is 0 Å². The van der Waals surface area contributed by atoms with Crippen molar-refractivity contribution in [3.05, 3.63) is 12.7 Å². The van der Waals surface area contributed by atoms with Crippen LogP contribution < -0.4 is 5.32 Å². The van der Waals surface area contributed by atoms with Crippen molar-refractivity contribution < 1.29 is 0 Å². The summed E-state index contributed by atoms with van der Waals surface area (Å²) in [7, 11) is 0. The number of nitrogens with zero attached hydrogens (tertiary/aromatic N) is 1. The zero-order valence-electron chi connectivity index (χ0n) is 10.8. The van der Waals surface area contributed by atoms with Crippen LogP contribution in [0.4, 0.5) is 0 Å². The van der Waals surface area contributed by atoms with E-state index >= 15 is 0 Å². The van der Waals surface area contributed by atoms with E-state index in [4.69, 9.17) is 0 Å². The molecule has 92 valence electrons. The lowest BCUT2D eigenvalue weighted by Gasteiger charge is -2.42. The molecule has 2 rings (SSSR count). The third kappa shape index (κ3) is 2.33. The number of hydrogen-bond acceptors (Lipinski definition) is 2. The van der Waals surface area contributed by atoms with Crippen molar-refractivity contribution in [2.75, 3.05) is 6.54 Å². The molecule has 2 saturated heterocycles. The van der Waals surface area contributed by atoms with E-state index < -0.39 is 0 Å². The van der Waals surface area contributed by atoms with Gasteiger partial charge in [0.2, 0.25) is 0 Å². The number of piperidine rings is 1. The maximum atomic E-state index is 3.87. The highest BCUT2D eigenvalue weighted by atomic mass is 15.3. The Hall–Kier alpha value is -0.340. The van der Waals surface area contributed by atoms with E-state index in [0.717, 1.165) is 31.1 Å². The molecule has 2 fully saturated rings. The van der Waals surface area contributed by atoms with Gasteiger partial charge in [0.05, 0.1) is 0 Å². The Balaban J connectivity index is 1.96. The van der Waals surface area contributed by atoms with E-state index in [-0.39, 0.29) is 0 Å². The van der Waals surface area contributed by atoms with Gasteiger partial charge in [-0.2, -0.15) is 0 Å². The van der Waals surface area contributed by atoms with Crippen molar-refractivity contribution in [2.45, 2.75) is 70.1 Å². The molecule has 0 amide bonds. The molecule has 2 nitrogen and oxygen atoms in total. The monoisotopic (exact) mass is 222 g/mol. The topological polar surface area (TPSA) is 15.3 Å². The van der Waals surface area contributed by atoms with Crippen LogP contribution in [-0.2, 0) is 0 Å². The first-order chi connectivity index (χ1) is 7.76. The molecular formula is C14H26N2. The highest BCUT2D eigenvalue weighted by Crippen LogP contribution is 2.37. The SMILES string of the molecule is C=CCC(C)N1C2CCC1CC(NCC)C2. The van der Waals surface area contributed by atoms with E-state index in [1.54, 1.807) is 0 Å². The summed E-state index contributed by atoms with van der Waals surface area (Å²) in [6, 6.07) is 3.13. The predicted molar refractivity (Wildman–Crippen MR) is 69.6 cm³/mol. The van der Waals surface area contributed by atoms with Crippen LogP contribution in [0.25, 0.3) is 0 Å². The summed E-state index contributed by atoms with van der Waals surface area (Å²) in [5.74, 6) is 0. The molecule has 2 aliphatic heterocycles. The Bertz CT molecular complexity index is 225. The zero-order chi connectivity index (χ0) is 11.5. The maximum absolute atomic E-state index is 3.87. The van der Waals surface area contributed by atoms with E-state index in [0.29, 0.717) is 6.04 Å². The Morgan fingerprint density at radius 3 is 2.50 bits per heavy atom. The summed E-state index contributed by atoms with van der Waals surface area (Å²) in [6.07, 6.45) is 8.74. The summed E-state index contributed by atoms with van der Waals surface area (Å²) in [4.78, 5) is 2.77. The predicted octanol–water partition coefficient (Wildman–Crippen LogP) is 2.56. The fourth-order valence-corrected chi connectivity index (χ4v) is 3.75. The summed E-state index contributed by atoms with van der Waals surface area (Å²) < 4.78 is 0. The van der Waals surface area contributed by atoms with Crippen LogP contribution in [0, 0.1) is 0 Å². The molecule has 3 atom stereocenters. The van der Waals surface area contributed by atoms with Crippen molar-refractivity contribution in [1.82, 2.24) is 10.2 Å². The second-order valence-corrected chi connectivity index (χ2v) is 5.43. The van der Waals surface area contributed by atoms with Gasteiger partial charge >= 0.3 is 0 Å². The van der Waals surface area contributed by atoms with Crippen LogP contribution in [0.15, 0.2) is 12.7 Å². The number of nitrogens with one attached hydrogen (secondary N) is 1. The van der Waals surface area contributed by atoms with E-state index in [1.165, 1.54) is 25.7 Å². The van der Waals surface area contributed by atoms with Gasteiger partial charge in [-0.05, 0) is 45.6 Å². The van der Waals surface area contributed by atoms with E-state index in [1.807, 2.05) is 0 Å². The van der Waals surface area contributed by atoms with Gasteiger partial charge in [-0.25, -0.2) is 0 Å². The Kier molecular flexibility index (Phi) is 4.04. The molecule has 1 N–H and O–H groups in total. The third-order valence-electron chi connectivity index (χ3n) is 4.30. The Morgan fingerprint density at radius 2 is 2.00 bits per heavy atom. The standard InChI is InChI=1S/C14H26N2/c1-4-6-11(3)16-13-7-8-14(16)10-12(9-13)15-5-2/h4,11-15H,1,5-10H2,2-3H3. The van der Waals surface area contributed by atoms with E-state index in [9.17, 15) is 0 Å². The molecule has 0 aromatic heterocycles. The summed E-state index contributed by atoms with van der Waals surface area (Å²) in [5, 5.41) is 3.63. The van der Waals surface area contributed by atoms with Gasteiger partial charge in [-0.3, -0.25) is 4.90 Å². The first kappa shape index (κ1) is 12.1. The quantitative estimate of drug-likeness (QED) is 0.719. The molecule has 0 saturated carbocycles. The molecule has 2 heterocycles. The second-order valence-electron chi connectivity index (χ2n) is 5.43. The van der Waals surface area contributed by atoms with Crippen LogP contribution in [-0.4, -0.2) is 35.6 Å². The van der Waals surface area contributed by atoms with Crippen molar-refractivity contribution in [3.63, 3.8) is 0 Å². The number of fused-ring (bicyclic) bond motifs is 2. The fraction of sp³-hybridized carbons (Fsp3) is 0.857. The third-order valence-corrected chi connectivity index (χ3v) is 4.30. The van der Waals surface area contributed by atoms with Gasteiger partial charge in [0.15, 0.2) is 0 Å². The number of rotatable bonds is 5. The lowest BCUT2D eigenvalue weighted by Crippen LogP contribution is -2.52. The molecule has 16 heavy (non-hydrogen) atoms.